The predicted octanol–water partition coefficient (Wildman–Crippen LogP) is 6.06. The highest BCUT2D eigenvalue weighted by Gasteiger charge is 2.56. The fourth-order valence-electron chi connectivity index (χ4n) is 6.23. The number of benzene rings is 1. The maximum absolute atomic E-state index is 14.6. The number of nitrogens with one attached hydrogen (secondary N) is 1. The zero-order chi connectivity index (χ0) is 36.1. The van der Waals surface area contributed by atoms with E-state index in [9.17, 15) is 24.0 Å². The number of nitrogens with zero attached hydrogens (tertiary/aromatic N) is 2. The number of rotatable bonds is 9. The molecule has 12 nitrogen and oxygen atoms in total. The molecule has 2 unspecified atom stereocenters. The molecule has 5 rings (SSSR count). The Balaban J connectivity index is 1.55. The first-order chi connectivity index (χ1) is 22.9. The zero-order valence-electron chi connectivity index (χ0n) is 29.6. The van der Waals surface area contributed by atoms with E-state index in [1.807, 2.05) is 6.07 Å². The van der Waals surface area contributed by atoms with Crippen molar-refractivity contribution >= 4 is 43.0 Å². The molecule has 0 saturated heterocycles. The van der Waals surface area contributed by atoms with E-state index in [1.165, 1.54) is 6.92 Å². The van der Waals surface area contributed by atoms with Gasteiger partial charge in [-0.2, -0.15) is 0 Å². The predicted molar refractivity (Wildman–Crippen MR) is 185 cm³/mol. The molecule has 262 valence electrons. The average molecular weight is 692 g/mol. The Morgan fingerprint density at radius 2 is 1.86 bits per heavy atom. The van der Waals surface area contributed by atoms with Gasteiger partial charge in [-0.3, -0.25) is 14.4 Å². The number of alkyl carbamates (subject to hydrolysis) is 1. The highest BCUT2D eigenvalue weighted by atomic mass is 28.3. The van der Waals surface area contributed by atoms with Crippen molar-refractivity contribution in [2.24, 2.45) is 0 Å². The van der Waals surface area contributed by atoms with Crippen LogP contribution in [0.3, 0.4) is 0 Å². The van der Waals surface area contributed by atoms with Gasteiger partial charge in [0.15, 0.2) is 0 Å². The third-order valence-electron chi connectivity index (χ3n) is 9.46. The van der Waals surface area contributed by atoms with E-state index >= 15 is 0 Å². The molecule has 2 atom stereocenters. The van der Waals surface area contributed by atoms with E-state index in [0.717, 1.165) is 10.9 Å². The molecular formula is C36H45N3O9Si. The summed E-state index contributed by atoms with van der Waals surface area (Å²) >= 11 is 0. The molecular weight excluding hydrogens is 646 g/mol. The van der Waals surface area contributed by atoms with Crippen LogP contribution in [0.5, 0.6) is 5.75 Å². The van der Waals surface area contributed by atoms with Gasteiger partial charge in [0.1, 0.15) is 25.2 Å². The van der Waals surface area contributed by atoms with Crippen LogP contribution in [-0.2, 0) is 40.7 Å². The van der Waals surface area contributed by atoms with Crippen molar-refractivity contribution in [2.45, 2.75) is 110 Å². The van der Waals surface area contributed by atoms with Gasteiger partial charge in [0.2, 0.25) is 5.60 Å². The summed E-state index contributed by atoms with van der Waals surface area (Å²) in [6.45, 7) is 17.0. The molecule has 49 heavy (non-hydrogen) atoms. The van der Waals surface area contributed by atoms with Crippen molar-refractivity contribution in [3.05, 3.63) is 57.4 Å². The third-order valence-corrected chi connectivity index (χ3v) is 14.2. The Morgan fingerprint density at radius 1 is 1.14 bits per heavy atom. The number of pyridine rings is 2. The summed E-state index contributed by atoms with van der Waals surface area (Å²) in [5.41, 5.74) is -0.268. The Morgan fingerprint density at radius 3 is 2.49 bits per heavy atom. The summed E-state index contributed by atoms with van der Waals surface area (Å²) in [5, 5.41) is 3.36. The lowest BCUT2D eigenvalue weighted by atomic mass is 9.85. The number of ether oxygens (including phenoxy) is 4. The fourth-order valence-corrected chi connectivity index (χ4v) is 8.27. The number of fused-ring (bicyclic) bond motifs is 5. The lowest BCUT2D eigenvalue weighted by Crippen LogP contribution is -2.54. The van der Waals surface area contributed by atoms with Gasteiger partial charge in [-0.25, -0.2) is 14.6 Å². The summed E-state index contributed by atoms with van der Waals surface area (Å²) < 4.78 is 24.4. The number of hydrogen-bond acceptors (Lipinski definition) is 10. The zero-order valence-corrected chi connectivity index (χ0v) is 30.6. The minimum Gasteiger partial charge on any atom is -0.458 e. The van der Waals surface area contributed by atoms with Crippen LogP contribution in [0.25, 0.3) is 22.3 Å². The molecule has 1 N–H and O–H groups in total. The van der Waals surface area contributed by atoms with E-state index in [-0.39, 0.29) is 43.5 Å². The lowest BCUT2D eigenvalue weighted by molar-refractivity contribution is -0.190. The molecule has 1 amide bonds. The van der Waals surface area contributed by atoms with Crippen LogP contribution in [0, 0.1) is 0 Å². The van der Waals surface area contributed by atoms with Crippen LogP contribution in [0.4, 0.5) is 4.79 Å². The summed E-state index contributed by atoms with van der Waals surface area (Å²) in [6, 6.07) is 8.81. The highest BCUT2D eigenvalue weighted by molar-refractivity contribution is 6.79. The van der Waals surface area contributed by atoms with Crippen molar-refractivity contribution in [2.75, 3.05) is 6.54 Å². The molecule has 2 aliphatic rings. The Labute approximate surface area is 286 Å². The lowest BCUT2D eigenvalue weighted by Gasteiger charge is -2.44. The van der Waals surface area contributed by atoms with E-state index < -0.39 is 49.0 Å². The van der Waals surface area contributed by atoms with E-state index in [0.29, 0.717) is 33.8 Å². The number of carbonyl (C=O) groups is 4. The van der Waals surface area contributed by atoms with Crippen LogP contribution < -0.4 is 15.6 Å². The summed E-state index contributed by atoms with van der Waals surface area (Å²) in [6.07, 6.45) is -0.409. The van der Waals surface area contributed by atoms with Gasteiger partial charge in [-0.15, -0.1) is 0 Å². The van der Waals surface area contributed by atoms with Gasteiger partial charge in [-0.1, -0.05) is 33.9 Å². The summed E-state index contributed by atoms with van der Waals surface area (Å²) in [7, 11) is -2.45. The second-order valence-corrected chi connectivity index (χ2v) is 20.0. The minimum atomic E-state index is -2.45. The van der Waals surface area contributed by atoms with Crippen LogP contribution in [-0.4, -0.2) is 53.8 Å². The first-order valence-electron chi connectivity index (χ1n) is 16.7. The van der Waals surface area contributed by atoms with Gasteiger partial charge in [0.25, 0.3) is 5.56 Å². The molecule has 2 aliphatic heterocycles. The molecule has 0 fully saturated rings. The summed E-state index contributed by atoms with van der Waals surface area (Å²) in [5.74, 6) is -1.42. The number of carbonyl (C=O) groups excluding carboxylic acids is 4. The molecule has 0 radical (unpaired) electrons. The molecule has 0 spiro atoms. The Kier molecular flexibility index (Phi) is 9.54. The summed E-state index contributed by atoms with van der Waals surface area (Å²) in [4.78, 5) is 70.5. The quantitative estimate of drug-likeness (QED) is 0.0721. The minimum absolute atomic E-state index is 0.0386. The van der Waals surface area contributed by atoms with Crippen LogP contribution in [0.2, 0.25) is 18.6 Å². The highest BCUT2D eigenvalue weighted by Crippen LogP contribution is 2.48. The smallest absolute Gasteiger partial charge is 0.407 e. The first-order valence-corrected chi connectivity index (χ1v) is 19.8. The number of esters is 3. The molecule has 0 bridgehead atoms. The van der Waals surface area contributed by atoms with Crippen molar-refractivity contribution in [1.29, 1.82) is 0 Å². The number of cyclic esters (lactones) is 1. The van der Waals surface area contributed by atoms with E-state index in [1.54, 1.807) is 56.5 Å². The van der Waals surface area contributed by atoms with Crippen LogP contribution >= 0.6 is 0 Å². The monoisotopic (exact) mass is 691 g/mol. The first kappa shape index (κ1) is 35.8. The van der Waals surface area contributed by atoms with Crippen molar-refractivity contribution in [1.82, 2.24) is 14.9 Å². The van der Waals surface area contributed by atoms with Crippen molar-refractivity contribution in [3.63, 3.8) is 0 Å². The SMILES string of the molecule is CCC1(OC(=O)CCCNC(=O)OC(C)(C)C)C(=O)OC([Si](C)(C)C(C)C)c2c1cc1n(c2=O)Cc2cc3cc(OC(C)=O)ccc3nc2-1. The Hall–Kier alpha value is -4.52. The van der Waals surface area contributed by atoms with Gasteiger partial charge in [0.05, 0.1) is 29.0 Å². The standard InChI is InChI=1S/C36H45N3O9Si/c1-10-36(47-28(41)12-11-15-37-34(44)48-35(5,6)7)25-18-27-30-23(16-22-17-24(45-21(4)40)13-14-26(22)38-30)19-39(27)31(42)29(25)32(46-33(36)43)49(8,9)20(2)3/h13-14,16-18,20,32H,10-12,15,19H2,1-9H3,(H,37,44). The van der Waals surface area contributed by atoms with Crippen LogP contribution in [0.15, 0.2) is 35.1 Å². The van der Waals surface area contributed by atoms with Gasteiger partial charge in [0, 0.05) is 36.4 Å². The molecule has 1 aromatic carbocycles. The largest absolute Gasteiger partial charge is 0.458 e. The van der Waals surface area contributed by atoms with Gasteiger partial charge < -0.3 is 28.8 Å². The third kappa shape index (κ3) is 6.85. The van der Waals surface area contributed by atoms with E-state index in [4.69, 9.17) is 23.9 Å². The molecule has 13 heteroatoms. The van der Waals surface area contributed by atoms with Gasteiger partial charge in [-0.05, 0) is 69.5 Å². The van der Waals surface area contributed by atoms with Gasteiger partial charge >= 0.3 is 24.0 Å². The van der Waals surface area contributed by atoms with Crippen LogP contribution in [0.1, 0.15) is 90.1 Å². The van der Waals surface area contributed by atoms with E-state index in [2.05, 4.69) is 32.3 Å². The fraction of sp³-hybridized carbons (Fsp3) is 0.500. The number of amides is 1. The maximum atomic E-state index is 14.6. The van der Waals surface area contributed by atoms with Crippen molar-refractivity contribution in [3.8, 4) is 17.1 Å². The molecule has 2 aromatic heterocycles. The number of hydrogen-bond donors (Lipinski definition) is 1. The second-order valence-electron chi connectivity index (χ2n) is 14.6. The van der Waals surface area contributed by atoms with Crippen molar-refractivity contribution < 1.29 is 38.1 Å². The second kappa shape index (κ2) is 13.1. The molecule has 3 aromatic rings. The number of aromatic nitrogens is 2. The molecule has 0 aliphatic carbocycles. The molecule has 0 saturated carbocycles. The topological polar surface area (TPSA) is 152 Å². The normalized spacial score (nSPS) is 18.3. The maximum Gasteiger partial charge on any atom is 0.407 e. The molecule has 4 heterocycles. The average Bonchev–Trinajstić information content (AvgIpc) is 3.35. The Bertz CT molecular complexity index is 1910.